The Labute approximate surface area is 181 Å². The average Bonchev–Trinajstić information content (AvgIpc) is 2.97. The van der Waals surface area contributed by atoms with Crippen molar-refractivity contribution in [2.24, 2.45) is 0 Å². The normalized spacial score (nSPS) is 15.3. The van der Waals surface area contributed by atoms with E-state index in [0.29, 0.717) is 13.0 Å². The molecule has 0 aliphatic carbocycles. The zero-order valence-corrected chi connectivity index (χ0v) is 18.3. The van der Waals surface area contributed by atoms with Crippen LogP contribution in [0.2, 0.25) is 0 Å². The van der Waals surface area contributed by atoms with Crippen molar-refractivity contribution >= 4 is 27.7 Å². The second-order valence-corrected chi connectivity index (χ2v) is 9.07. The lowest BCUT2D eigenvalue weighted by Gasteiger charge is -2.29. The minimum Gasteiger partial charge on any atom is -0.357 e. The van der Waals surface area contributed by atoms with Gasteiger partial charge in [-0.05, 0) is 31.0 Å². The summed E-state index contributed by atoms with van der Waals surface area (Å²) >= 11 is 0. The number of rotatable bonds is 8. The fourth-order valence-electron chi connectivity index (χ4n) is 3.57. The van der Waals surface area contributed by atoms with Crippen LogP contribution >= 0.6 is 0 Å². The van der Waals surface area contributed by atoms with Crippen molar-refractivity contribution in [1.29, 1.82) is 0 Å². The van der Waals surface area contributed by atoms with Crippen LogP contribution in [0.5, 0.6) is 0 Å². The van der Waals surface area contributed by atoms with Crippen LogP contribution in [0.25, 0.3) is 0 Å². The van der Waals surface area contributed by atoms with Gasteiger partial charge in [0.05, 0.1) is 5.56 Å². The second kappa shape index (κ2) is 9.30. The number of sulfonamides is 1. The molecule has 31 heavy (non-hydrogen) atoms. The van der Waals surface area contributed by atoms with E-state index in [1.807, 2.05) is 30.3 Å². The number of carbonyl (C=O) groups excluding carboxylic acids is 3. The topological polar surface area (TPSA) is 104 Å². The maximum Gasteiger partial charge on any atom is 0.269 e. The Morgan fingerprint density at radius 3 is 2.35 bits per heavy atom. The number of nitrogens with zero attached hydrogens (tertiary/aromatic N) is 2. The van der Waals surface area contributed by atoms with Crippen molar-refractivity contribution in [2.45, 2.75) is 30.7 Å². The molecular formula is C22H25N3O5S. The molecule has 3 rings (SSSR count). The van der Waals surface area contributed by atoms with Crippen molar-refractivity contribution in [2.75, 3.05) is 20.1 Å². The van der Waals surface area contributed by atoms with Crippen LogP contribution in [0.1, 0.15) is 29.3 Å². The highest BCUT2D eigenvalue weighted by molar-refractivity contribution is 7.90. The summed E-state index contributed by atoms with van der Waals surface area (Å²) < 4.78 is 26.1. The van der Waals surface area contributed by atoms with Gasteiger partial charge in [-0.2, -0.15) is 0 Å². The van der Waals surface area contributed by atoms with E-state index in [-0.39, 0.29) is 29.3 Å². The molecule has 8 nitrogen and oxygen atoms in total. The lowest BCUT2D eigenvalue weighted by atomic mass is 10.1. The molecule has 9 heteroatoms. The van der Waals surface area contributed by atoms with Crippen LogP contribution in [0.3, 0.4) is 0 Å². The van der Waals surface area contributed by atoms with Crippen LogP contribution in [0.15, 0.2) is 59.5 Å². The summed E-state index contributed by atoms with van der Waals surface area (Å²) in [5.74, 6) is -1.36. The van der Waals surface area contributed by atoms with E-state index in [1.54, 1.807) is 19.1 Å². The summed E-state index contributed by atoms with van der Waals surface area (Å²) in [5, 5.41) is 2.53. The summed E-state index contributed by atoms with van der Waals surface area (Å²) in [4.78, 5) is 39.1. The first-order chi connectivity index (χ1) is 14.8. The van der Waals surface area contributed by atoms with E-state index >= 15 is 0 Å². The zero-order valence-electron chi connectivity index (χ0n) is 17.4. The molecular weight excluding hydrogens is 418 g/mol. The predicted molar refractivity (Wildman–Crippen MR) is 115 cm³/mol. The number of nitrogens with one attached hydrogen (secondary N) is 1. The molecule has 3 amide bonds. The average molecular weight is 444 g/mol. The van der Waals surface area contributed by atoms with Gasteiger partial charge in [-0.15, -0.1) is 0 Å². The standard InChI is InChI=1S/C22H25N3O5S/c1-16(21(27)23-2)24(14-12-17-8-4-3-5-9-17)20(26)13-15-25-22(28)18-10-6-7-11-19(18)31(25,29)30/h3-11,16H,12-15H2,1-2H3,(H,23,27). The van der Waals surface area contributed by atoms with Gasteiger partial charge in [0.15, 0.2) is 0 Å². The first-order valence-corrected chi connectivity index (χ1v) is 11.4. The van der Waals surface area contributed by atoms with Gasteiger partial charge in [-0.1, -0.05) is 42.5 Å². The molecule has 1 aliphatic heterocycles. The number of fused-ring (bicyclic) bond motifs is 1. The lowest BCUT2D eigenvalue weighted by molar-refractivity contribution is -0.139. The van der Waals surface area contributed by atoms with E-state index in [2.05, 4.69) is 5.32 Å². The summed E-state index contributed by atoms with van der Waals surface area (Å²) in [7, 11) is -2.49. The van der Waals surface area contributed by atoms with Gasteiger partial charge in [0.1, 0.15) is 10.9 Å². The number of hydrogen-bond donors (Lipinski definition) is 1. The van der Waals surface area contributed by atoms with Gasteiger partial charge >= 0.3 is 0 Å². The van der Waals surface area contributed by atoms with Crippen LogP contribution < -0.4 is 5.32 Å². The van der Waals surface area contributed by atoms with Crippen molar-refractivity contribution in [3.05, 3.63) is 65.7 Å². The SMILES string of the molecule is CNC(=O)C(C)N(CCc1ccccc1)C(=O)CCN1C(=O)c2ccccc2S1(=O)=O. The molecule has 164 valence electrons. The number of hydrogen-bond acceptors (Lipinski definition) is 5. The molecule has 0 aromatic heterocycles. The molecule has 1 atom stereocenters. The summed E-state index contributed by atoms with van der Waals surface area (Å²) in [6.07, 6.45) is 0.329. The van der Waals surface area contributed by atoms with Crippen LogP contribution in [-0.4, -0.2) is 61.5 Å². The number of benzene rings is 2. The molecule has 2 aromatic carbocycles. The van der Waals surface area contributed by atoms with Crippen molar-refractivity contribution in [1.82, 2.24) is 14.5 Å². The largest absolute Gasteiger partial charge is 0.357 e. The molecule has 2 aromatic rings. The van der Waals surface area contributed by atoms with Crippen molar-refractivity contribution in [3.63, 3.8) is 0 Å². The highest BCUT2D eigenvalue weighted by Gasteiger charge is 2.41. The maximum absolute atomic E-state index is 13.0. The quantitative estimate of drug-likeness (QED) is 0.665. The summed E-state index contributed by atoms with van der Waals surface area (Å²) in [6.45, 7) is 1.63. The Bertz CT molecular complexity index is 1090. The van der Waals surface area contributed by atoms with Gasteiger partial charge in [-0.3, -0.25) is 14.4 Å². The Morgan fingerprint density at radius 2 is 1.71 bits per heavy atom. The van der Waals surface area contributed by atoms with Crippen LogP contribution in [-0.2, 0) is 26.0 Å². The van der Waals surface area contributed by atoms with Crippen LogP contribution in [0, 0.1) is 0 Å². The molecule has 1 unspecified atom stereocenters. The molecule has 1 N–H and O–H groups in total. The molecule has 1 aliphatic rings. The Morgan fingerprint density at radius 1 is 1.06 bits per heavy atom. The van der Waals surface area contributed by atoms with E-state index < -0.39 is 27.9 Å². The molecule has 0 radical (unpaired) electrons. The first-order valence-electron chi connectivity index (χ1n) is 9.98. The fraction of sp³-hybridized carbons (Fsp3) is 0.318. The van der Waals surface area contributed by atoms with Crippen LogP contribution in [0.4, 0.5) is 0 Å². The van der Waals surface area contributed by atoms with Gasteiger partial charge in [-0.25, -0.2) is 12.7 Å². The predicted octanol–water partition coefficient (Wildman–Crippen LogP) is 1.43. The third kappa shape index (κ3) is 4.61. The monoisotopic (exact) mass is 443 g/mol. The van der Waals surface area contributed by atoms with Gasteiger partial charge in [0.2, 0.25) is 11.8 Å². The molecule has 0 saturated carbocycles. The number of carbonyl (C=O) groups is 3. The number of amides is 3. The minimum atomic E-state index is -3.98. The minimum absolute atomic E-state index is 0.0490. The lowest BCUT2D eigenvalue weighted by Crippen LogP contribution is -2.48. The Kier molecular flexibility index (Phi) is 6.74. The van der Waals surface area contributed by atoms with Crippen molar-refractivity contribution < 1.29 is 22.8 Å². The highest BCUT2D eigenvalue weighted by Crippen LogP contribution is 2.30. The molecule has 1 heterocycles. The first kappa shape index (κ1) is 22.5. The summed E-state index contributed by atoms with van der Waals surface area (Å²) in [6, 6.07) is 14.8. The van der Waals surface area contributed by atoms with E-state index in [4.69, 9.17) is 0 Å². The van der Waals surface area contributed by atoms with E-state index in [1.165, 1.54) is 24.1 Å². The Hall–Kier alpha value is -3.20. The van der Waals surface area contributed by atoms with Gasteiger partial charge in [0.25, 0.3) is 15.9 Å². The van der Waals surface area contributed by atoms with Crippen molar-refractivity contribution in [3.8, 4) is 0 Å². The van der Waals surface area contributed by atoms with Gasteiger partial charge in [0, 0.05) is 26.6 Å². The molecule has 0 bridgehead atoms. The maximum atomic E-state index is 13.0. The third-order valence-corrected chi connectivity index (χ3v) is 7.18. The second-order valence-electron chi connectivity index (χ2n) is 7.24. The molecule has 0 fully saturated rings. The van der Waals surface area contributed by atoms with E-state index in [0.717, 1.165) is 9.87 Å². The van der Waals surface area contributed by atoms with Gasteiger partial charge < -0.3 is 10.2 Å². The smallest absolute Gasteiger partial charge is 0.269 e. The fourth-order valence-corrected chi connectivity index (χ4v) is 5.14. The van der Waals surface area contributed by atoms with E-state index in [9.17, 15) is 22.8 Å². The Balaban J connectivity index is 1.73. The summed E-state index contributed by atoms with van der Waals surface area (Å²) in [5.41, 5.74) is 1.12. The zero-order chi connectivity index (χ0) is 22.6. The number of likely N-dealkylation sites (N-methyl/N-ethyl adjacent to an activating group) is 1. The molecule has 0 spiro atoms. The highest BCUT2D eigenvalue weighted by atomic mass is 32.2. The third-order valence-electron chi connectivity index (χ3n) is 5.34. The molecule has 0 saturated heterocycles.